The van der Waals surface area contributed by atoms with Gasteiger partial charge in [0, 0.05) is 37.9 Å². The highest BCUT2D eigenvalue weighted by Gasteiger charge is 2.18. The molecule has 0 aromatic carbocycles. The van der Waals surface area contributed by atoms with Crippen LogP contribution in [0.15, 0.2) is 30.6 Å². The van der Waals surface area contributed by atoms with Gasteiger partial charge in [-0.3, -0.25) is 9.88 Å². The predicted octanol–water partition coefficient (Wildman–Crippen LogP) is 2.14. The highest BCUT2D eigenvalue weighted by Crippen LogP contribution is 2.19. The molecule has 98 valence electrons. The summed E-state index contributed by atoms with van der Waals surface area (Å²) < 4.78 is 0. The van der Waals surface area contributed by atoms with E-state index in [4.69, 9.17) is 11.6 Å². The van der Waals surface area contributed by atoms with Crippen LogP contribution >= 0.6 is 11.6 Å². The van der Waals surface area contributed by atoms with E-state index in [-0.39, 0.29) is 0 Å². The number of aromatic nitrogens is 3. The largest absolute Gasteiger partial charge is 0.296 e. The van der Waals surface area contributed by atoms with E-state index in [1.54, 1.807) is 6.20 Å². The van der Waals surface area contributed by atoms with E-state index in [0.717, 1.165) is 37.4 Å². The Kier molecular flexibility index (Phi) is 3.71. The zero-order valence-electron chi connectivity index (χ0n) is 10.6. The second kappa shape index (κ2) is 5.63. The second-order valence-corrected chi connectivity index (χ2v) is 4.97. The normalized spacial score (nSPS) is 15.2. The van der Waals surface area contributed by atoms with Gasteiger partial charge in [0.1, 0.15) is 5.69 Å². The van der Waals surface area contributed by atoms with Gasteiger partial charge in [-0.1, -0.05) is 6.07 Å². The fourth-order valence-corrected chi connectivity index (χ4v) is 2.53. The molecule has 0 amide bonds. The lowest BCUT2D eigenvalue weighted by molar-refractivity contribution is 0.265. The molecule has 5 heteroatoms. The first-order chi connectivity index (χ1) is 9.36. The average molecular weight is 275 g/mol. The summed E-state index contributed by atoms with van der Waals surface area (Å²) in [5.74, 6) is 1.36. The Hall–Kier alpha value is -1.52. The summed E-state index contributed by atoms with van der Waals surface area (Å²) in [6, 6.07) is 5.77. The van der Waals surface area contributed by atoms with Crippen molar-refractivity contribution in [1.29, 1.82) is 0 Å². The first kappa shape index (κ1) is 12.5. The van der Waals surface area contributed by atoms with Crippen LogP contribution in [0.5, 0.6) is 0 Å². The fourth-order valence-electron chi connectivity index (χ4n) is 2.29. The van der Waals surface area contributed by atoms with Crippen molar-refractivity contribution in [2.45, 2.75) is 13.0 Å². The smallest absolute Gasteiger partial charge is 0.178 e. The van der Waals surface area contributed by atoms with Crippen LogP contribution in [0.3, 0.4) is 0 Å². The molecule has 4 nitrogen and oxygen atoms in total. The molecule has 0 unspecified atom stereocenters. The summed E-state index contributed by atoms with van der Waals surface area (Å²) in [6.45, 7) is 2.79. The monoisotopic (exact) mass is 274 g/mol. The number of hydrogen-bond donors (Lipinski definition) is 0. The number of fused-ring (bicyclic) bond motifs is 1. The van der Waals surface area contributed by atoms with Gasteiger partial charge in [0.25, 0.3) is 0 Å². The van der Waals surface area contributed by atoms with E-state index >= 15 is 0 Å². The third-order valence-corrected chi connectivity index (χ3v) is 3.49. The molecule has 19 heavy (non-hydrogen) atoms. The molecule has 3 heterocycles. The minimum absolute atomic E-state index is 0.660. The first-order valence-electron chi connectivity index (χ1n) is 6.41. The Morgan fingerprint density at radius 1 is 1.26 bits per heavy atom. The number of halogens is 1. The number of nitrogens with zero attached hydrogens (tertiary/aromatic N) is 4. The minimum atomic E-state index is 0.660. The summed E-state index contributed by atoms with van der Waals surface area (Å²) in [7, 11) is 0. The Morgan fingerprint density at radius 2 is 2.21 bits per heavy atom. The van der Waals surface area contributed by atoms with Gasteiger partial charge >= 0.3 is 0 Å². The van der Waals surface area contributed by atoms with Crippen molar-refractivity contribution in [1.82, 2.24) is 19.9 Å². The molecule has 0 bridgehead atoms. The predicted molar refractivity (Wildman–Crippen MR) is 75.0 cm³/mol. The summed E-state index contributed by atoms with van der Waals surface area (Å²) in [6.07, 6.45) is 4.69. The van der Waals surface area contributed by atoms with Crippen molar-refractivity contribution < 1.29 is 0 Å². The number of alkyl halides is 1. The fraction of sp³-hybridized carbons (Fsp3) is 0.357. The van der Waals surface area contributed by atoms with Crippen LogP contribution in [0.1, 0.15) is 11.3 Å². The Morgan fingerprint density at radius 3 is 3.00 bits per heavy atom. The lowest BCUT2D eigenvalue weighted by Gasteiger charge is -2.27. The first-order valence-corrected chi connectivity index (χ1v) is 6.95. The molecule has 1 aliphatic heterocycles. The van der Waals surface area contributed by atoms with Gasteiger partial charge < -0.3 is 0 Å². The summed E-state index contributed by atoms with van der Waals surface area (Å²) in [5, 5.41) is 0. The zero-order chi connectivity index (χ0) is 13.1. The lowest BCUT2D eigenvalue weighted by Crippen LogP contribution is -2.32. The van der Waals surface area contributed by atoms with Gasteiger partial charge in [0.15, 0.2) is 5.82 Å². The standard InChI is InChI=1S/C14H15ClN4/c15-5-8-19-7-4-11-9-17-14(18-13(11)10-19)12-3-1-2-6-16-12/h1-3,6,9H,4-5,7-8,10H2. The molecule has 0 saturated heterocycles. The highest BCUT2D eigenvalue weighted by molar-refractivity contribution is 6.18. The van der Waals surface area contributed by atoms with Crippen LogP contribution in [0.2, 0.25) is 0 Å². The van der Waals surface area contributed by atoms with E-state index in [1.807, 2.05) is 24.4 Å². The molecule has 0 fully saturated rings. The van der Waals surface area contributed by atoms with Crippen LogP contribution in [0, 0.1) is 0 Å². The quantitative estimate of drug-likeness (QED) is 0.804. The molecular formula is C14H15ClN4. The highest BCUT2D eigenvalue weighted by atomic mass is 35.5. The molecule has 2 aromatic heterocycles. The van der Waals surface area contributed by atoms with E-state index in [0.29, 0.717) is 11.7 Å². The molecule has 3 rings (SSSR count). The SMILES string of the molecule is ClCCN1CCc2cnc(-c3ccccn3)nc2C1. The molecule has 0 atom stereocenters. The van der Waals surface area contributed by atoms with Gasteiger partial charge in [-0.05, 0) is 24.1 Å². The molecule has 0 saturated carbocycles. The van der Waals surface area contributed by atoms with Gasteiger partial charge in [-0.25, -0.2) is 9.97 Å². The molecule has 2 aromatic rings. The molecule has 0 spiro atoms. The van der Waals surface area contributed by atoms with Gasteiger partial charge in [0.2, 0.25) is 0 Å². The maximum Gasteiger partial charge on any atom is 0.178 e. The van der Waals surface area contributed by atoms with E-state index in [2.05, 4.69) is 19.9 Å². The van der Waals surface area contributed by atoms with Crippen molar-refractivity contribution in [3.63, 3.8) is 0 Å². The summed E-state index contributed by atoms with van der Waals surface area (Å²) in [4.78, 5) is 15.7. The molecule has 0 N–H and O–H groups in total. The third-order valence-electron chi connectivity index (χ3n) is 3.32. The summed E-state index contributed by atoms with van der Waals surface area (Å²) >= 11 is 5.80. The van der Waals surface area contributed by atoms with E-state index in [9.17, 15) is 0 Å². The van der Waals surface area contributed by atoms with E-state index < -0.39 is 0 Å². The Bertz CT molecular complexity index is 559. The van der Waals surface area contributed by atoms with Crippen LogP contribution in [-0.4, -0.2) is 38.8 Å². The third kappa shape index (κ3) is 2.74. The maximum atomic E-state index is 5.80. The Balaban J connectivity index is 1.89. The van der Waals surface area contributed by atoms with Crippen molar-refractivity contribution in [2.75, 3.05) is 19.0 Å². The second-order valence-electron chi connectivity index (χ2n) is 4.60. The van der Waals surface area contributed by atoms with Crippen LogP contribution in [-0.2, 0) is 13.0 Å². The average Bonchev–Trinajstić information content (AvgIpc) is 2.48. The topological polar surface area (TPSA) is 41.9 Å². The lowest BCUT2D eigenvalue weighted by atomic mass is 10.1. The van der Waals surface area contributed by atoms with Gasteiger partial charge in [-0.15, -0.1) is 11.6 Å². The van der Waals surface area contributed by atoms with Crippen molar-refractivity contribution in [3.05, 3.63) is 41.9 Å². The van der Waals surface area contributed by atoms with Crippen LogP contribution < -0.4 is 0 Å². The zero-order valence-corrected chi connectivity index (χ0v) is 11.3. The summed E-state index contributed by atoms with van der Waals surface area (Å²) in [5.41, 5.74) is 3.16. The van der Waals surface area contributed by atoms with Crippen LogP contribution in [0.25, 0.3) is 11.5 Å². The van der Waals surface area contributed by atoms with Gasteiger partial charge in [0.05, 0.1) is 5.69 Å². The number of pyridine rings is 1. The minimum Gasteiger partial charge on any atom is -0.296 e. The van der Waals surface area contributed by atoms with E-state index in [1.165, 1.54) is 5.56 Å². The van der Waals surface area contributed by atoms with Crippen molar-refractivity contribution in [3.8, 4) is 11.5 Å². The molecule has 0 radical (unpaired) electrons. The Labute approximate surface area is 117 Å². The van der Waals surface area contributed by atoms with Crippen molar-refractivity contribution >= 4 is 11.6 Å². The van der Waals surface area contributed by atoms with Crippen LogP contribution in [0.4, 0.5) is 0 Å². The molecule has 0 aliphatic carbocycles. The molecule has 1 aliphatic rings. The van der Waals surface area contributed by atoms with Crippen molar-refractivity contribution in [2.24, 2.45) is 0 Å². The number of hydrogen-bond acceptors (Lipinski definition) is 4. The maximum absolute atomic E-state index is 5.80. The molecular weight excluding hydrogens is 260 g/mol. The number of rotatable bonds is 3. The van der Waals surface area contributed by atoms with Gasteiger partial charge in [-0.2, -0.15) is 0 Å².